The van der Waals surface area contributed by atoms with Crippen molar-refractivity contribution in [3.05, 3.63) is 64.7 Å². The molecule has 1 aliphatic rings. The van der Waals surface area contributed by atoms with Gasteiger partial charge in [0, 0.05) is 42.0 Å². The van der Waals surface area contributed by atoms with Crippen LogP contribution in [0.1, 0.15) is 18.1 Å². The van der Waals surface area contributed by atoms with E-state index in [0.717, 1.165) is 55.2 Å². The Morgan fingerprint density at radius 3 is 2.64 bits per heavy atom. The first-order chi connectivity index (χ1) is 13.6. The number of ketones is 1. The predicted octanol–water partition coefficient (Wildman–Crippen LogP) is 4.52. The lowest BCUT2D eigenvalue weighted by Crippen LogP contribution is -2.35. The van der Waals surface area contributed by atoms with Crippen LogP contribution >= 0.6 is 11.6 Å². The first kappa shape index (κ1) is 19.1. The molecule has 5 heteroatoms. The Kier molecular flexibility index (Phi) is 5.72. The van der Waals surface area contributed by atoms with Crippen LogP contribution in [0.2, 0.25) is 5.02 Å². The molecule has 3 aromatic rings. The molecular formula is C23H23ClN2O2. The van der Waals surface area contributed by atoms with Crippen molar-refractivity contribution in [3.8, 4) is 11.3 Å². The van der Waals surface area contributed by atoms with Crippen LogP contribution in [-0.2, 0) is 22.5 Å². The summed E-state index contributed by atoms with van der Waals surface area (Å²) < 4.78 is 5.48. The van der Waals surface area contributed by atoms with Crippen molar-refractivity contribution in [2.45, 2.75) is 19.9 Å². The molecule has 0 unspecified atom stereocenters. The third-order valence-electron chi connectivity index (χ3n) is 5.09. The molecule has 0 bridgehead atoms. The number of nitrogens with zero attached hydrogens (tertiary/aromatic N) is 2. The van der Waals surface area contributed by atoms with Crippen LogP contribution in [0.25, 0.3) is 22.2 Å². The van der Waals surface area contributed by atoms with Gasteiger partial charge in [-0.25, -0.2) is 4.98 Å². The number of fused-ring (bicyclic) bond motifs is 1. The molecule has 0 amide bonds. The Bertz CT molecular complexity index is 1010. The molecule has 0 spiro atoms. The zero-order valence-corrected chi connectivity index (χ0v) is 16.7. The van der Waals surface area contributed by atoms with Gasteiger partial charge in [-0.15, -0.1) is 0 Å². The number of para-hydroxylation sites is 1. The largest absolute Gasteiger partial charge is 0.379 e. The summed E-state index contributed by atoms with van der Waals surface area (Å²) in [5.74, 6) is 0.103. The summed E-state index contributed by atoms with van der Waals surface area (Å²) in [5.41, 5.74) is 4.95. The number of aromatic nitrogens is 1. The second-order valence-electron chi connectivity index (χ2n) is 7.26. The molecule has 28 heavy (non-hydrogen) atoms. The Labute approximate surface area is 170 Å². The van der Waals surface area contributed by atoms with Gasteiger partial charge in [-0.2, -0.15) is 0 Å². The fourth-order valence-corrected chi connectivity index (χ4v) is 3.89. The maximum atomic E-state index is 11.4. The molecule has 144 valence electrons. The van der Waals surface area contributed by atoms with Gasteiger partial charge >= 0.3 is 0 Å². The summed E-state index contributed by atoms with van der Waals surface area (Å²) in [5, 5.41) is 1.79. The lowest BCUT2D eigenvalue weighted by molar-refractivity contribution is -0.116. The number of Topliss-reactive ketones (excluding diaryl/α,β-unsaturated/α-hetero) is 1. The van der Waals surface area contributed by atoms with E-state index in [1.165, 1.54) is 10.9 Å². The van der Waals surface area contributed by atoms with E-state index in [1.807, 2.05) is 30.3 Å². The van der Waals surface area contributed by atoms with E-state index in [1.54, 1.807) is 6.92 Å². The smallest absolute Gasteiger partial charge is 0.134 e. The molecule has 1 fully saturated rings. The third-order valence-corrected chi connectivity index (χ3v) is 5.44. The van der Waals surface area contributed by atoms with Crippen molar-refractivity contribution in [2.24, 2.45) is 0 Å². The normalized spacial score (nSPS) is 15.1. The predicted molar refractivity (Wildman–Crippen MR) is 113 cm³/mol. The van der Waals surface area contributed by atoms with Crippen molar-refractivity contribution < 1.29 is 9.53 Å². The van der Waals surface area contributed by atoms with E-state index >= 15 is 0 Å². The number of ether oxygens (including phenoxy) is 1. The minimum Gasteiger partial charge on any atom is -0.379 e. The number of hydrogen-bond donors (Lipinski definition) is 0. The van der Waals surface area contributed by atoms with E-state index in [-0.39, 0.29) is 5.78 Å². The van der Waals surface area contributed by atoms with E-state index in [2.05, 4.69) is 23.1 Å². The monoisotopic (exact) mass is 394 g/mol. The van der Waals surface area contributed by atoms with Gasteiger partial charge in [-0.05, 0) is 36.2 Å². The minimum atomic E-state index is 0.103. The molecule has 0 N–H and O–H groups in total. The highest BCUT2D eigenvalue weighted by atomic mass is 35.5. The topological polar surface area (TPSA) is 42.4 Å². The standard InChI is InChI=1S/C23H23ClN2O2/c1-16(27)12-17-6-7-18(13-21(17)24)23-14-19(15-26-8-10-28-11-9-26)20-4-2-3-5-22(20)25-23/h2-7,13-14H,8-12,15H2,1H3. The first-order valence-corrected chi connectivity index (χ1v) is 9.95. The minimum absolute atomic E-state index is 0.103. The molecule has 1 aromatic heterocycles. The fraction of sp³-hybridized carbons (Fsp3) is 0.304. The summed E-state index contributed by atoms with van der Waals surface area (Å²) in [4.78, 5) is 18.7. The number of morpholine rings is 1. The highest BCUT2D eigenvalue weighted by molar-refractivity contribution is 6.31. The molecular weight excluding hydrogens is 372 g/mol. The van der Waals surface area contributed by atoms with Crippen LogP contribution in [-0.4, -0.2) is 42.0 Å². The fourth-order valence-electron chi connectivity index (χ4n) is 3.64. The molecule has 0 saturated carbocycles. The van der Waals surface area contributed by atoms with Gasteiger partial charge in [0.05, 0.1) is 24.4 Å². The van der Waals surface area contributed by atoms with Gasteiger partial charge in [0.1, 0.15) is 5.78 Å². The first-order valence-electron chi connectivity index (χ1n) is 9.57. The number of benzene rings is 2. The molecule has 2 heterocycles. The second kappa shape index (κ2) is 8.39. The van der Waals surface area contributed by atoms with E-state index in [4.69, 9.17) is 21.3 Å². The average Bonchev–Trinajstić information content (AvgIpc) is 2.70. The molecule has 4 rings (SSSR count). The quantitative estimate of drug-likeness (QED) is 0.638. The van der Waals surface area contributed by atoms with Crippen LogP contribution in [0.5, 0.6) is 0 Å². The number of carbonyl (C=O) groups excluding carboxylic acids is 1. The molecule has 0 radical (unpaired) electrons. The third kappa shape index (κ3) is 4.25. The van der Waals surface area contributed by atoms with Crippen LogP contribution in [0.15, 0.2) is 48.5 Å². The number of hydrogen-bond acceptors (Lipinski definition) is 4. The van der Waals surface area contributed by atoms with Crippen LogP contribution in [0.3, 0.4) is 0 Å². The molecule has 2 aromatic carbocycles. The Balaban J connectivity index is 1.73. The average molecular weight is 395 g/mol. The highest BCUT2D eigenvalue weighted by Crippen LogP contribution is 2.29. The van der Waals surface area contributed by atoms with Gasteiger partial charge in [-0.3, -0.25) is 9.69 Å². The summed E-state index contributed by atoms with van der Waals surface area (Å²) in [7, 11) is 0. The van der Waals surface area contributed by atoms with Gasteiger partial charge in [0.2, 0.25) is 0 Å². The highest BCUT2D eigenvalue weighted by Gasteiger charge is 2.15. The molecule has 4 nitrogen and oxygen atoms in total. The lowest BCUT2D eigenvalue weighted by atomic mass is 10.0. The molecule has 1 saturated heterocycles. The zero-order chi connectivity index (χ0) is 19.5. The van der Waals surface area contributed by atoms with E-state index < -0.39 is 0 Å². The molecule has 0 aliphatic carbocycles. The summed E-state index contributed by atoms with van der Waals surface area (Å²) in [6, 6.07) is 16.2. The zero-order valence-electron chi connectivity index (χ0n) is 16.0. The van der Waals surface area contributed by atoms with Crippen LogP contribution < -0.4 is 0 Å². The van der Waals surface area contributed by atoms with Crippen molar-refractivity contribution in [2.75, 3.05) is 26.3 Å². The lowest BCUT2D eigenvalue weighted by Gasteiger charge is -2.27. The Hall–Kier alpha value is -2.27. The Morgan fingerprint density at radius 2 is 1.89 bits per heavy atom. The van der Waals surface area contributed by atoms with E-state index in [9.17, 15) is 4.79 Å². The van der Waals surface area contributed by atoms with Gasteiger partial charge in [0.25, 0.3) is 0 Å². The maximum Gasteiger partial charge on any atom is 0.134 e. The molecule has 0 atom stereocenters. The maximum absolute atomic E-state index is 11.4. The van der Waals surface area contributed by atoms with Crippen LogP contribution in [0, 0.1) is 0 Å². The number of halogens is 1. The van der Waals surface area contributed by atoms with Crippen molar-refractivity contribution in [1.29, 1.82) is 0 Å². The van der Waals surface area contributed by atoms with Crippen LogP contribution in [0.4, 0.5) is 0 Å². The summed E-state index contributed by atoms with van der Waals surface area (Å²) in [6.45, 7) is 5.89. The number of carbonyl (C=O) groups is 1. The van der Waals surface area contributed by atoms with Gasteiger partial charge < -0.3 is 4.74 Å². The SMILES string of the molecule is CC(=O)Cc1ccc(-c2cc(CN3CCOCC3)c3ccccc3n2)cc1Cl. The van der Waals surface area contributed by atoms with Gasteiger partial charge in [-0.1, -0.05) is 41.9 Å². The van der Waals surface area contributed by atoms with Gasteiger partial charge in [0.15, 0.2) is 0 Å². The van der Waals surface area contributed by atoms with Crippen molar-refractivity contribution in [1.82, 2.24) is 9.88 Å². The van der Waals surface area contributed by atoms with Crippen molar-refractivity contribution in [3.63, 3.8) is 0 Å². The summed E-state index contributed by atoms with van der Waals surface area (Å²) >= 11 is 6.43. The number of pyridine rings is 1. The molecule has 1 aliphatic heterocycles. The number of rotatable bonds is 5. The summed E-state index contributed by atoms with van der Waals surface area (Å²) in [6.07, 6.45) is 0.354. The van der Waals surface area contributed by atoms with Crippen molar-refractivity contribution >= 4 is 28.3 Å². The van der Waals surface area contributed by atoms with E-state index in [0.29, 0.717) is 11.4 Å². The Morgan fingerprint density at radius 1 is 1.11 bits per heavy atom. The second-order valence-corrected chi connectivity index (χ2v) is 7.66.